The topological polar surface area (TPSA) is 92.3 Å². The first-order chi connectivity index (χ1) is 10.6. The summed E-state index contributed by atoms with van der Waals surface area (Å²) in [5, 5.41) is 17.9. The second-order valence-corrected chi connectivity index (χ2v) is 4.44. The Kier molecular flexibility index (Phi) is 4.59. The van der Waals surface area contributed by atoms with Crippen LogP contribution in [0, 0.1) is 11.3 Å². The SMILES string of the molecule is CCOc1ccc(-c2ccc(C(=O)O)c(=O)n2CC#N)cc1. The molecule has 0 saturated carbocycles. The summed E-state index contributed by atoms with van der Waals surface area (Å²) in [6.07, 6.45) is 0. The Labute approximate surface area is 126 Å². The number of aromatic nitrogens is 1. The van der Waals surface area contributed by atoms with Gasteiger partial charge in [-0.15, -0.1) is 0 Å². The number of ether oxygens (including phenoxy) is 1. The summed E-state index contributed by atoms with van der Waals surface area (Å²) in [7, 11) is 0. The van der Waals surface area contributed by atoms with Crippen molar-refractivity contribution in [2.24, 2.45) is 0 Å². The minimum Gasteiger partial charge on any atom is -0.494 e. The van der Waals surface area contributed by atoms with Crippen molar-refractivity contribution in [2.45, 2.75) is 13.5 Å². The fraction of sp³-hybridized carbons (Fsp3) is 0.188. The minimum atomic E-state index is -1.31. The molecule has 6 nitrogen and oxygen atoms in total. The van der Waals surface area contributed by atoms with E-state index in [0.29, 0.717) is 23.6 Å². The first kappa shape index (κ1) is 15.3. The zero-order chi connectivity index (χ0) is 16.1. The molecule has 1 aromatic carbocycles. The second-order valence-electron chi connectivity index (χ2n) is 4.44. The molecule has 0 aliphatic heterocycles. The maximum Gasteiger partial charge on any atom is 0.341 e. The Balaban J connectivity index is 2.55. The summed E-state index contributed by atoms with van der Waals surface area (Å²) in [4.78, 5) is 23.2. The summed E-state index contributed by atoms with van der Waals surface area (Å²) < 4.78 is 6.50. The van der Waals surface area contributed by atoms with E-state index in [4.69, 9.17) is 15.1 Å². The van der Waals surface area contributed by atoms with Crippen LogP contribution < -0.4 is 10.3 Å². The zero-order valence-electron chi connectivity index (χ0n) is 11.9. The van der Waals surface area contributed by atoms with Crippen molar-refractivity contribution in [3.05, 3.63) is 52.3 Å². The molecule has 0 unspecified atom stereocenters. The van der Waals surface area contributed by atoms with Crippen molar-refractivity contribution < 1.29 is 14.6 Å². The number of benzene rings is 1. The number of aromatic carboxylic acids is 1. The van der Waals surface area contributed by atoms with Gasteiger partial charge in [-0.3, -0.25) is 9.36 Å². The highest BCUT2D eigenvalue weighted by Crippen LogP contribution is 2.22. The third-order valence-electron chi connectivity index (χ3n) is 3.09. The maximum absolute atomic E-state index is 12.2. The van der Waals surface area contributed by atoms with Crippen molar-refractivity contribution in [3.63, 3.8) is 0 Å². The van der Waals surface area contributed by atoms with E-state index >= 15 is 0 Å². The van der Waals surface area contributed by atoms with Crippen LogP contribution >= 0.6 is 0 Å². The van der Waals surface area contributed by atoms with Crippen LogP contribution in [0.15, 0.2) is 41.2 Å². The monoisotopic (exact) mass is 298 g/mol. The Morgan fingerprint density at radius 2 is 1.95 bits per heavy atom. The molecule has 6 heteroatoms. The smallest absolute Gasteiger partial charge is 0.341 e. The van der Waals surface area contributed by atoms with Crippen LogP contribution in [0.3, 0.4) is 0 Å². The lowest BCUT2D eigenvalue weighted by molar-refractivity contribution is 0.0694. The van der Waals surface area contributed by atoms with E-state index < -0.39 is 11.5 Å². The van der Waals surface area contributed by atoms with Crippen LogP contribution in [-0.4, -0.2) is 22.2 Å². The molecule has 0 saturated heterocycles. The highest BCUT2D eigenvalue weighted by molar-refractivity contribution is 5.87. The largest absolute Gasteiger partial charge is 0.494 e. The van der Waals surface area contributed by atoms with Gasteiger partial charge in [0.15, 0.2) is 0 Å². The maximum atomic E-state index is 12.2. The molecule has 2 aromatic rings. The van der Waals surface area contributed by atoms with Gasteiger partial charge in [0.1, 0.15) is 17.9 Å². The van der Waals surface area contributed by atoms with Crippen molar-refractivity contribution in [2.75, 3.05) is 6.61 Å². The molecular formula is C16H14N2O4. The number of nitrogens with zero attached hydrogens (tertiary/aromatic N) is 2. The first-order valence-corrected chi connectivity index (χ1v) is 6.65. The van der Waals surface area contributed by atoms with Crippen LogP contribution in [0.5, 0.6) is 5.75 Å². The number of hydrogen-bond donors (Lipinski definition) is 1. The van der Waals surface area contributed by atoms with Gasteiger partial charge in [0, 0.05) is 0 Å². The lowest BCUT2D eigenvalue weighted by Gasteiger charge is -2.11. The van der Waals surface area contributed by atoms with Gasteiger partial charge >= 0.3 is 5.97 Å². The molecule has 1 aromatic heterocycles. The van der Waals surface area contributed by atoms with Crippen LogP contribution in [0.1, 0.15) is 17.3 Å². The van der Waals surface area contributed by atoms with Crippen molar-refractivity contribution >= 4 is 5.97 Å². The van der Waals surface area contributed by atoms with Gasteiger partial charge in [-0.05, 0) is 48.9 Å². The number of hydrogen-bond acceptors (Lipinski definition) is 4. The third kappa shape index (κ3) is 2.99. The van der Waals surface area contributed by atoms with Gasteiger partial charge < -0.3 is 9.84 Å². The van der Waals surface area contributed by atoms with Crippen LogP contribution in [0.25, 0.3) is 11.3 Å². The summed E-state index contributed by atoms with van der Waals surface area (Å²) in [6, 6.07) is 11.7. The summed E-state index contributed by atoms with van der Waals surface area (Å²) in [5.74, 6) is -0.613. The molecule has 0 radical (unpaired) electrons. The predicted octanol–water partition coefficient (Wildman–Crippen LogP) is 2.14. The number of nitriles is 1. The van der Waals surface area contributed by atoms with Crippen molar-refractivity contribution in [3.8, 4) is 23.1 Å². The second kappa shape index (κ2) is 6.59. The van der Waals surface area contributed by atoms with E-state index in [1.807, 2.05) is 13.0 Å². The number of carboxylic acids is 1. The molecular weight excluding hydrogens is 284 g/mol. The minimum absolute atomic E-state index is 0.220. The number of carboxylic acid groups (broad SMARTS) is 1. The Morgan fingerprint density at radius 1 is 1.27 bits per heavy atom. The average molecular weight is 298 g/mol. The molecule has 0 atom stereocenters. The van der Waals surface area contributed by atoms with Crippen LogP contribution in [0.4, 0.5) is 0 Å². The summed E-state index contributed by atoms with van der Waals surface area (Å²) in [6.45, 7) is 2.21. The normalized spacial score (nSPS) is 10.0. The van der Waals surface area contributed by atoms with E-state index in [9.17, 15) is 9.59 Å². The van der Waals surface area contributed by atoms with Crippen molar-refractivity contribution in [1.29, 1.82) is 5.26 Å². The third-order valence-corrected chi connectivity index (χ3v) is 3.09. The fourth-order valence-corrected chi connectivity index (χ4v) is 2.11. The lowest BCUT2D eigenvalue weighted by atomic mass is 10.1. The molecule has 1 heterocycles. The lowest BCUT2D eigenvalue weighted by Crippen LogP contribution is -2.27. The summed E-state index contributed by atoms with van der Waals surface area (Å²) in [5.41, 5.74) is 0.137. The molecule has 0 fully saturated rings. The highest BCUT2D eigenvalue weighted by atomic mass is 16.5. The summed E-state index contributed by atoms with van der Waals surface area (Å²) >= 11 is 0. The molecule has 22 heavy (non-hydrogen) atoms. The van der Waals surface area contributed by atoms with Gasteiger partial charge in [-0.2, -0.15) is 5.26 Å². The van der Waals surface area contributed by atoms with Crippen LogP contribution in [0.2, 0.25) is 0 Å². The zero-order valence-corrected chi connectivity index (χ0v) is 11.9. The molecule has 0 bridgehead atoms. The fourth-order valence-electron chi connectivity index (χ4n) is 2.11. The Morgan fingerprint density at radius 3 is 2.50 bits per heavy atom. The van der Waals surface area contributed by atoms with E-state index in [1.165, 1.54) is 12.1 Å². The molecule has 2 rings (SSSR count). The van der Waals surface area contributed by atoms with Crippen molar-refractivity contribution in [1.82, 2.24) is 4.57 Å². The van der Waals surface area contributed by atoms with E-state index in [-0.39, 0.29) is 12.1 Å². The van der Waals surface area contributed by atoms with Gasteiger partial charge in [-0.25, -0.2) is 4.79 Å². The quantitative estimate of drug-likeness (QED) is 0.912. The van der Waals surface area contributed by atoms with Gasteiger partial charge in [0.05, 0.1) is 18.4 Å². The van der Waals surface area contributed by atoms with Gasteiger partial charge in [-0.1, -0.05) is 0 Å². The predicted molar refractivity (Wildman–Crippen MR) is 79.9 cm³/mol. The Hall–Kier alpha value is -3.07. The van der Waals surface area contributed by atoms with Gasteiger partial charge in [0.2, 0.25) is 0 Å². The number of rotatable bonds is 5. The van der Waals surface area contributed by atoms with E-state index in [0.717, 1.165) is 4.57 Å². The van der Waals surface area contributed by atoms with E-state index in [1.54, 1.807) is 24.3 Å². The molecule has 0 spiro atoms. The molecule has 1 N–H and O–H groups in total. The standard InChI is InChI=1S/C16H14N2O4/c1-2-22-12-5-3-11(4-6-12)14-8-7-13(16(20)21)15(19)18(14)10-9-17/h3-8H,2,10H2,1H3,(H,20,21). The number of carbonyl (C=O) groups is 1. The molecule has 112 valence electrons. The Bertz CT molecular complexity index is 785. The molecule has 0 amide bonds. The first-order valence-electron chi connectivity index (χ1n) is 6.65. The average Bonchev–Trinajstić information content (AvgIpc) is 2.50. The van der Waals surface area contributed by atoms with Crippen LogP contribution in [-0.2, 0) is 6.54 Å². The van der Waals surface area contributed by atoms with Gasteiger partial charge in [0.25, 0.3) is 5.56 Å². The molecule has 0 aliphatic carbocycles. The molecule has 0 aliphatic rings. The van der Waals surface area contributed by atoms with E-state index in [2.05, 4.69) is 0 Å². The highest BCUT2D eigenvalue weighted by Gasteiger charge is 2.14. The number of pyridine rings is 1.